The summed E-state index contributed by atoms with van der Waals surface area (Å²) in [4.78, 5) is 28.5. The topological polar surface area (TPSA) is 59.1 Å². The van der Waals surface area contributed by atoms with Crippen molar-refractivity contribution in [3.63, 3.8) is 0 Å². The molecule has 0 saturated carbocycles. The lowest BCUT2D eigenvalue weighted by Crippen LogP contribution is -2.12. The van der Waals surface area contributed by atoms with Gasteiger partial charge in [-0.3, -0.25) is 9.59 Å². The van der Waals surface area contributed by atoms with Crippen LogP contribution in [0.5, 0.6) is 0 Å². The maximum Gasteiger partial charge on any atom is 0.158 e. The number of ketones is 2. The molecule has 0 saturated heterocycles. The van der Waals surface area contributed by atoms with Crippen LogP contribution in [0.1, 0.15) is 154 Å². The van der Waals surface area contributed by atoms with Gasteiger partial charge in [-0.15, -0.1) is 0 Å². The van der Waals surface area contributed by atoms with E-state index in [4.69, 9.17) is 9.47 Å². The Bertz CT molecular complexity index is 533. The number of carbonyl (C=O) groups is 2. The molecule has 0 heterocycles. The molecule has 0 fully saturated rings. The Balaban J connectivity index is 3.26. The molecule has 0 unspecified atom stereocenters. The van der Waals surface area contributed by atoms with Gasteiger partial charge in [0.05, 0.1) is 0 Å². The van der Waals surface area contributed by atoms with Gasteiger partial charge in [-0.05, 0) is 79.8 Å². The second-order valence-electron chi connectivity index (χ2n) is 13.1. The van der Waals surface area contributed by atoms with Gasteiger partial charge in [0.1, 0.15) is 13.2 Å². The van der Waals surface area contributed by atoms with E-state index in [1.165, 1.54) is 116 Å². The first-order valence-corrected chi connectivity index (χ1v) is 17.9. The summed E-state index contributed by atoms with van der Waals surface area (Å²) in [7, 11) is 8.58. The summed E-state index contributed by atoms with van der Waals surface area (Å²) in [6, 6.07) is 0. The molecule has 0 rings (SSSR count). The summed E-state index contributed by atoms with van der Waals surface area (Å²) in [5, 5.41) is 0. The van der Waals surface area contributed by atoms with E-state index in [-0.39, 0.29) is 24.8 Å². The Morgan fingerprint density at radius 1 is 0.381 bits per heavy atom. The van der Waals surface area contributed by atoms with E-state index in [1.807, 2.05) is 0 Å². The predicted molar refractivity (Wildman–Crippen MR) is 180 cm³/mol. The van der Waals surface area contributed by atoms with Gasteiger partial charge in [0, 0.05) is 26.1 Å². The standard InChI is InChI=1S/C36H72N2O4/c1-37(2)29-23-19-15-11-7-5-9-13-17-21-27-35(39)33-41-31-25-26-32-42-34-36(40)28-22-18-14-10-6-8-12-16-20-24-30-38(3)4/h5-34H2,1-4H3. The van der Waals surface area contributed by atoms with Crippen molar-refractivity contribution < 1.29 is 19.1 Å². The lowest BCUT2D eigenvalue weighted by Gasteiger charge is -2.08. The number of ether oxygens (including phenoxy) is 2. The van der Waals surface area contributed by atoms with Crippen LogP contribution in [0.15, 0.2) is 0 Å². The minimum Gasteiger partial charge on any atom is -0.374 e. The number of carbonyl (C=O) groups excluding carboxylic acids is 2. The van der Waals surface area contributed by atoms with Crippen LogP contribution >= 0.6 is 0 Å². The summed E-state index contributed by atoms with van der Waals surface area (Å²) < 4.78 is 11.1. The molecule has 0 bridgehead atoms. The van der Waals surface area contributed by atoms with Gasteiger partial charge in [0.2, 0.25) is 0 Å². The molecule has 0 aliphatic carbocycles. The van der Waals surface area contributed by atoms with Gasteiger partial charge in [-0.25, -0.2) is 0 Å². The highest BCUT2D eigenvalue weighted by atomic mass is 16.5. The number of nitrogens with zero attached hydrogens (tertiary/aromatic N) is 2. The summed E-state index contributed by atoms with van der Waals surface area (Å²) in [5.41, 5.74) is 0. The molecule has 0 spiro atoms. The molecule has 6 nitrogen and oxygen atoms in total. The molecule has 0 aliphatic heterocycles. The third-order valence-electron chi connectivity index (χ3n) is 7.98. The summed E-state index contributed by atoms with van der Waals surface area (Å²) in [5.74, 6) is 0.446. The number of unbranched alkanes of at least 4 members (excludes halogenated alkanes) is 19. The minimum absolute atomic E-state index is 0.223. The smallest absolute Gasteiger partial charge is 0.158 e. The molecule has 0 aromatic rings. The average molecular weight is 597 g/mol. The van der Waals surface area contributed by atoms with Crippen molar-refractivity contribution in [2.75, 3.05) is 67.7 Å². The first kappa shape index (κ1) is 41.2. The van der Waals surface area contributed by atoms with Crippen molar-refractivity contribution in [2.45, 2.75) is 154 Å². The quantitative estimate of drug-likeness (QED) is 0.0683. The maximum absolute atomic E-state index is 12.0. The summed E-state index contributed by atoms with van der Waals surface area (Å²) >= 11 is 0. The van der Waals surface area contributed by atoms with Crippen LogP contribution in [0.4, 0.5) is 0 Å². The monoisotopic (exact) mass is 597 g/mol. The van der Waals surface area contributed by atoms with E-state index in [2.05, 4.69) is 38.0 Å². The van der Waals surface area contributed by atoms with Crippen molar-refractivity contribution >= 4 is 11.6 Å². The van der Waals surface area contributed by atoms with Gasteiger partial charge in [0.25, 0.3) is 0 Å². The Kier molecular flexibility index (Phi) is 32.4. The molecule has 0 aromatic carbocycles. The van der Waals surface area contributed by atoms with Crippen LogP contribution in [-0.4, -0.2) is 89.1 Å². The van der Waals surface area contributed by atoms with Crippen LogP contribution in [0, 0.1) is 0 Å². The van der Waals surface area contributed by atoms with E-state index in [1.54, 1.807) is 0 Å². The molecule has 6 heteroatoms. The predicted octanol–water partition coefficient (Wildman–Crippen LogP) is 8.64. The third-order valence-corrected chi connectivity index (χ3v) is 7.98. The van der Waals surface area contributed by atoms with Crippen LogP contribution in [-0.2, 0) is 19.1 Å². The molecular weight excluding hydrogens is 524 g/mol. The second kappa shape index (κ2) is 33.1. The minimum atomic E-state index is 0.223. The molecular formula is C36H72N2O4. The average Bonchev–Trinajstić information content (AvgIpc) is 2.95. The van der Waals surface area contributed by atoms with E-state index in [0.717, 1.165) is 38.5 Å². The van der Waals surface area contributed by atoms with Gasteiger partial charge in [-0.1, -0.05) is 103 Å². The fourth-order valence-electron chi connectivity index (χ4n) is 5.25. The van der Waals surface area contributed by atoms with Crippen LogP contribution in [0.25, 0.3) is 0 Å². The van der Waals surface area contributed by atoms with E-state index >= 15 is 0 Å². The van der Waals surface area contributed by atoms with Gasteiger partial charge >= 0.3 is 0 Å². The highest BCUT2D eigenvalue weighted by Crippen LogP contribution is 2.13. The first-order chi connectivity index (χ1) is 20.4. The maximum atomic E-state index is 12.0. The summed E-state index contributed by atoms with van der Waals surface area (Å²) in [6.45, 7) is 4.08. The van der Waals surface area contributed by atoms with Crippen molar-refractivity contribution in [2.24, 2.45) is 0 Å². The molecule has 250 valence electrons. The van der Waals surface area contributed by atoms with Crippen molar-refractivity contribution in [3.05, 3.63) is 0 Å². The normalized spacial score (nSPS) is 11.7. The number of hydrogen-bond acceptors (Lipinski definition) is 6. The molecule has 0 radical (unpaired) electrons. The zero-order valence-corrected chi connectivity index (χ0v) is 28.7. The Morgan fingerprint density at radius 2 is 0.643 bits per heavy atom. The lowest BCUT2D eigenvalue weighted by atomic mass is 10.0. The van der Waals surface area contributed by atoms with Gasteiger partial charge in [-0.2, -0.15) is 0 Å². The molecule has 0 amide bonds. The molecule has 0 atom stereocenters. The number of hydrogen-bond donors (Lipinski definition) is 0. The SMILES string of the molecule is CN(C)CCCCCCCCCCCCC(=O)COCCCCOCC(=O)CCCCCCCCCCCCN(C)C. The van der Waals surface area contributed by atoms with Crippen LogP contribution in [0.2, 0.25) is 0 Å². The Morgan fingerprint density at radius 3 is 0.929 bits per heavy atom. The zero-order chi connectivity index (χ0) is 30.9. The van der Waals surface area contributed by atoms with Crippen LogP contribution < -0.4 is 0 Å². The van der Waals surface area contributed by atoms with Gasteiger partial charge in [0.15, 0.2) is 11.6 Å². The van der Waals surface area contributed by atoms with Gasteiger partial charge < -0.3 is 19.3 Å². The van der Waals surface area contributed by atoms with Crippen molar-refractivity contribution in [3.8, 4) is 0 Å². The van der Waals surface area contributed by atoms with E-state index in [0.29, 0.717) is 26.1 Å². The zero-order valence-electron chi connectivity index (χ0n) is 28.7. The Hall–Kier alpha value is -0.820. The summed E-state index contributed by atoms with van der Waals surface area (Å²) in [6.07, 6.45) is 28.6. The number of Topliss-reactive ketones (excluding diaryl/α,β-unsaturated/α-hetero) is 2. The molecule has 0 N–H and O–H groups in total. The highest BCUT2D eigenvalue weighted by Gasteiger charge is 2.04. The molecule has 0 aromatic heterocycles. The van der Waals surface area contributed by atoms with Crippen molar-refractivity contribution in [1.29, 1.82) is 0 Å². The lowest BCUT2D eigenvalue weighted by molar-refractivity contribution is -0.125. The van der Waals surface area contributed by atoms with E-state index in [9.17, 15) is 9.59 Å². The fourth-order valence-corrected chi connectivity index (χ4v) is 5.25. The first-order valence-electron chi connectivity index (χ1n) is 17.9. The second-order valence-corrected chi connectivity index (χ2v) is 13.1. The highest BCUT2D eigenvalue weighted by molar-refractivity contribution is 5.79. The fraction of sp³-hybridized carbons (Fsp3) is 0.944. The Labute approximate surface area is 262 Å². The van der Waals surface area contributed by atoms with E-state index < -0.39 is 0 Å². The molecule has 42 heavy (non-hydrogen) atoms. The molecule has 0 aliphatic rings. The number of rotatable bonds is 35. The third kappa shape index (κ3) is 35.4. The van der Waals surface area contributed by atoms with Crippen LogP contribution in [0.3, 0.4) is 0 Å². The van der Waals surface area contributed by atoms with Crippen molar-refractivity contribution in [1.82, 2.24) is 9.80 Å². The largest absolute Gasteiger partial charge is 0.374 e.